The molecule has 1 aromatic rings. The van der Waals surface area contributed by atoms with Gasteiger partial charge in [0.15, 0.2) is 11.6 Å². The quantitative estimate of drug-likeness (QED) is 0.0915. The number of carbonyl (C=O) groups excluding carboxylic acids is 3. The van der Waals surface area contributed by atoms with Crippen LogP contribution in [0, 0.1) is 11.8 Å². The van der Waals surface area contributed by atoms with Crippen LogP contribution in [0.3, 0.4) is 0 Å². The zero-order valence-electron chi connectivity index (χ0n) is 33.3. The molecule has 1 aromatic carbocycles. The van der Waals surface area contributed by atoms with Crippen LogP contribution in [0.1, 0.15) is 123 Å². The maximum atomic E-state index is 14.5. The number of carbonyl (C=O) groups is 3. The van der Waals surface area contributed by atoms with Crippen molar-refractivity contribution in [3.05, 3.63) is 75.4 Å². The van der Waals surface area contributed by atoms with E-state index < -0.39 is 23.3 Å². The summed E-state index contributed by atoms with van der Waals surface area (Å²) in [5.74, 6) is -0.267. The van der Waals surface area contributed by atoms with Gasteiger partial charge in [0.05, 0.1) is 19.8 Å². The normalized spacial score (nSPS) is 18.4. The van der Waals surface area contributed by atoms with Crippen LogP contribution in [0.25, 0.3) is 6.08 Å². The zero-order valence-corrected chi connectivity index (χ0v) is 33.3. The van der Waals surface area contributed by atoms with Crippen molar-refractivity contribution >= 4 is 23.6 Å². The van der Waals surface area contributed by atoms with Gasteiger partial charge in [0.2, 0.25) is 0 Å². The Bertz CT molecular complexity index is 1560. The monoisotopic (exact) mass is 706 g/mol. The highest BCUT2D eigenvalue weighted by atomic mass is 16.5. The van der Waals surface area contributed by atoms with Crippen molar-refractivity contribution in [2.24, 2.45) is 11.8 Å². The molecule has 4 atom stereocenters. The minimum atomic E-state index is -1.67. The number of benzene rings is 1. The van der Waals surface area contributed by atoms with Crippen LogP contribution in [-0.4, -0.2) is 61.3 Å². The number of ether oxygens (including phenoxy) is 4. The number of hydrogen-bond acceptors (Lipinski definition) is 8. The molecule has 0 fully saturated rings. The van der Waals surface area contributed by atoms with Gasteiger partial charge in [0, 0.05) is 42.6 Å². The van der Waals surface area contributed by atoms with Crippen molar-refractivity contribution in [2.45, 2.75) is 125 Å². The van der Waals surface area contributed by atoms with Crippen molar-refractivity contribution < 1.29 is 38.4 Å². The molecule has 1 heterocycles. The van der Waals surface area contributed by atoms with Crippen molar-refractivity contribution in [1.82, 2.24) is 0 Å². The van der Waals surface area contributed by atoms with Gasteiger partial charge in [-0.1, -0.05) is 61.4 Å². The number of ketones is 2. The lowest BCUT2D eigenvalue weighted by molar-refractivity contribution is -0.137. The number of Topliss-reactive ketones (excluding diaryl/α,β-unsaturated/α-hetero) is 2. The van der Waals surface area contributed by atoms with Gasteiger partial charge in [-0.2, -0.15) is 0 Å². The first-order chi connectivity index (χ1) is 23.9. The van der Waals surface area contributed by atoms with Crippen LogP contribution in [-0.2, 0) is 25.5 Å². The Balaban J connectivity index is 2.60. The molecule has 1 aliphatic rings. The van der Waals surface area contributed by atoms with Gasteiger partial charge in [-0.3, -0.25) is 9.59 Å². The van der Waals surface area contributed by atoms with Gasteiger partial charge < -0.3 is 24.1 Å². The first kappa shape index (κ1) is 43.4. The highest BCUT2D eigenvalue weighted by molar-refractivity contribution is 6.15. The second-order valence-corrected chi connectivity index (χ2v) is 14.9. The van der Waals surface area contributed by atoms with Crippen molar-refractivity contribution in [3.63, 3.8) is 0 Å². The molecule has 0 amide bonds. The van der Waals surface area contributed by atoms with Gasteiger partial charge in [-0.15, -0.1) is 0 Å². The Morgan fingerprint density at radius 2 is 1.67 bits per heavy atom. The van der Waals surface area contributed by atoms with Crippen LogP contribution in [0.15, 0.2) is 58.7 Å². The fourth-order valence-corrected chi connectivity index (χ4v) is 6.23. The number of methoxy groups -OCH3 is 3. The third-order valence-electron chi connectivity index (χ3n) is 9.76. The Labute approximate surface area is 306 Å². The smallest absolute Gasteiger partial charge is 0.333 e. The van der Waals surface area contributed by atoms with E-state index in [0.29, 0.717) is 41.1 Å². The predicted molar refractivity (Wildman–Crippen MR) is 205 cm³/mol. The third kappa shape index (κ3) is 11.6. The highest BCUT2D eigenvalue weighted by Gasteiger charge is 2.42. The van der Waals surface area contributed by atoms with Gasteiger partial charge in [-0.25, -0.2) is 4.79 Å². The van der Waals surface area contributed by atoms with E-state index in [1.165, 1.54) is 25.7 Å². The molecule has 0 spiro atoms. The lowest BCUT2D eigenvalue weighted by atomic mass is 9.77. The van der Waals surface area contributed by atoms with E-state index in [1.807, 2.05) is 45.9 Å². The SMILES string of the molecule is C/C=C1/C(=O)c2c(OC)c(/C=C\C(C)(CCC=C(C)C)OC)cc(CC=C(C)C)c2OC1C(CCC(=O)C(C)(O)C/C=C(/C)C(=O)OC)C(C)C. The summed E-state index contributed by atoms with van der Waals surface area (Å²) in [5, 5.41) is 11.0. The maximum absolute atomic E-state index is 14.5. The minimum absolute atomic E-state index is 0.0195. The summed E-state index contributed by atoms with van der Waals surface area (Å²) in [6.07, 6.45) is 13.7. The summed E-state index contributed by atoms with van der Waals surface area (Å²) in [6, 6.07) is 2.03. The Kier molecular flexibility index (Phi) is 16.3. The molecule has 0 saturated carbocycles. The molecular formula is C43H62O8. The van der Waals surface area contributed by atoms with Crippen molar-refractivity contribution in [1.29, 1.82) is 0 Å². The van der Waals surface area contributed by atoms with E-state index in [-0.39, 0.29) is 36.2 Å². The Hall–Kier alpha value is -3.75. The van der Waals surface area contributed by atoms with Gasteiger partial charge in [0.1, 0.15) is 28.8 Å². The van der Waals surface area contributed by atoms with E-state index in [2.05, 4.69) is 39.8 Å². The zero-order chi connectivity index (χ0) is 38.7. The molecule has 1 aliphatic heterocycles. The maximum Gasteiger partial charge on any atom is 0.333 e. The number of esters is 1. The average molecular weight is 707 g/mol. The molecule has 8 heteroatoms. The Morgan fingerprint density at radius 3 is 2.20 bits per heavy atom. The summed E-state index contributed by atoms with van der Waals surface area (Å²) >= 11 is 0. The number of hydrogen-bond donors (Lipinski definition) is 1. The van der Waals surface area contributed by atoms with E-state index >= 15 is 0 Å². The van der Waals surface area contributed by atoms with Gasteiger partial charge >= 0.3 is 5.97 Å². The van der Waals surface area contributed by atoms with E-state index in [0.717, 1.165) is 29.5 Å². The number of rotatable bonds is 18. The van der Waals surface area contributed by atoms with Crippen molar-refractivity contribution in [2.75, 3.05) is 21.3 Å². The van der Waals surface area contributed by atoms with Gasteiger partial charge in [0.25, 0.3) is 0 Å². The van der Waals surface area contributed by atoms with E-state index in [9.17, 15) is 19.5 Å². The lowest BCUT2D eigenvalue weighted by Gasteiger charge is -2.37. The Morgan fingerprint density at radius 1 is 1.02 bits per heavy atom. The summed E-state index contributed by atoms with van der Waals surface area (Å²) in [7, 11) is 4.56. The molecule has 51 heavy (non-hydrogen) atoms. The summed E-state index contributed by atoms with van der Waals surface area (Å²) in [6.45, 7) is 19.3. The van der Waals surface area contributed by atoms with Crippen LogP contribution in [0.4, 0.5) is 0 Å². The predicted octanol–water partition coefficient (Wildman–Crippen LogP) is 9.14. The second-order valence-electron chi connectivity index (χ2n) is 14.9. The fourth-order valence-electron chi connectivity index (χ4n) is 6.23. The summed E-state index contributed by atoms with van der Waals surface area (Å²) in [5.41, 5.74) is 3.03. The first-order valence-electron chi connectivity index (χ1n) is 18.0. The second kappa shape index (κ2) is 19.2. The van der Waals surface area contributed by atoms with Crippen LogP contribution >= 0.6 is 0 Å². The van der Waals surface area contributed by atoms with Crippen LogP contribution < -0.4 is 9.47 Å². The molecule has 0 radical (unpaired) electrons. The highest BCUT2D eigenvalue weighted by Crippen LogP contribution is 2.46. The van der Waals surface area contributed by atoms with E-state index in [1.54, 1.807) is 27.2 Å². The molecule has 0 saturated heterocycles. The third-order valence-corrected chi connectivity index (χ3v) is 9.76. The molecule has 0 aromatic heterocycles. The van der Waals surface area contributed by atoms with Crippen LogP contribution in [0.5, 0.6) is 11.5 Å². The van der Waals surface area contributed by atoms with E-state index in [4.69, 9.17) is 18.9 Å². The standard InChI is InChI=1S/C43H62O8/c1-14-33-37(45)36-38(48-11)32(22-24-42(9,50-13)23-15-16-27(2)3)26-31(18-17-28(4)5)39(36)51-40(33)34(29(6)7)19-20-35(44)43(10,47)25-21-30(8)41(46)49-12/h14,16-17,21-22,24,26,29,34,40,47H,15,18-20,23,25H2,1-13H3/b24-22-,30-21-,33-14-. The first-order valence-corrected chi connectivity index (χ1v) is 18.0. The molecule has 282 valence electrons. The molecule has 2 rings (SSSR count). The molecule has 0 bridgehead atoms. The number of fused-ring (bicyclic) bond motifs is 1. The number of allylic oxidation sites excluding steroid dienone is 5. The summed E-state index contributed by atoms with van der Waals surface area (Å²) < 4.78 is 23.5. The number of aliphatic hydroxyl groups is 1. The van der Waals surface area contributed by atoms with Crippen molar-refractivity contribution in [3.8, 4) is 11.5 Å². The molecular weight excluding hydrogens is 644 g/mol. The molecule has 4 unspecified atom stereocenters. The molecule has 0 aliphatic carbocycles. The molecule has 8 nitrogen and oxygen atoms in total. The lowest BCUT2D eigenvalue weighted by Crippen LogP contribution is -2.41. The topological polar surface area (TPSA) is 108 Å². The fraction of sp³-hybridized carbons (Fsp3) is 0.558. The van der Waals surface area contributed by atoms with Gasteiger partial charge in [-0.05, 0) is 98.6 Å². The van der Waals surface area contributed by atoms with Crippen LogP contribution in [0.2, 0.25) is 0 Å². The summed E-state index contributed by atoms with van der Waals surface area (Å²) in [4.78, 5) is 39.7. The largest absolute Gasteiger partial charge is 0.495 e. The average Bonchev–Trinajstić information content (AvgIpc) is 3.07. The molecule has 1 N–H and O–H groups in total. The minimum Gasteiger partial charge on any atom is -0.495 e.